The van der Waals surface area contributed by atoms with Crippen LogP contribution >= 0.6 is 0 Å². The number of β-amino-alcohol motifs (C(OH)–C–C–N with tert-alkyl or cyclic N) is 1. The van der Waals surface area contributed by atoms with Crippen LogP contribution in [-0.2, 0) is 12.8 Å². The molecule has 2 atom stereocenters. The lowest BCUT2D eigenvalue weighted by molar-refractivity contribution is 0.0955. The Morgan fingerprint density at radius 3 is 2.78 bits per heavy atom. The Morgan fingerprint density at radius 2 is 2.11 bits per heavy atom. The molecule has 0 saturated carbocycles. The van der Waals surface area contributed by atoms with E-state index in [4.69, 9.17) is 5.11 Å². The second-order valence-corrected chi connectivity index (χ2v) is 5.05. The van der Waals surface area contributed by atoms with Crippen molar-refractivity contribution in [3.63, 3.8) is 0 Å². The average Bonchev–Trinajstić information content (AvgIpc) is 2.71. The molecule has 0 saturated heterocycles. The summed E-state index contributed by atoms with van der Waals surface area (Å²) < 4.78 is 0. The molecule has 0 aliphatic carbocycles. The number of benzene rings is 1. The van der Waals surface area contributed by atoms with Gasteiger partial charge >= 0.3 is 0 Å². The molecule has 0 spiro atoms. The lowest BCUT2D eigenvalue weighted by Crippen LogP contribution is -2.29. The molecule has 0 radical (unpaired) electrons. The SMILES string of the molecule is CC(O)CN1CCc2cc(CC(O)CO)ccc21. The highest BCUT2D eigenvalue weighted by atomic mass is 16.3. The first-order chi connectivity index (χ1) is 8.60. The Hall–Kier alpha value is -1.10. The van der Waals surface area contributed by atoms with E-state index in [0.29, 0.717) is 13.0 Å². The normalized spacial score (nSPS) is 17.7. The van der Waals surface area contributed by atoms with Gasteiger partial charge in [-0.05, 0) is 30.5 Å². The Morgan fingerprint density at radius 1 is 1.33 bits per heavy atom. The van der Waals surface area contributed by atoms with Crippen molar-refractivity contribution in [3.05, 3.63) is 29.3 Å². The third kappa shape index (κ3) is 3.02. The van der Waals surface area contributed by atoms with Gasteiger partial charge in [0.15, 0.2) is 0 Å². The Balaban J connectivity index is 2.10. The standard InChI is InChI=1S/C14H21NO3/c1-10(17)8-15-5-4-12-6-11(2-3-14(12)15)7-13(18)9-16/h2-3,6,10,13,16-18H,4-5,7-9H2,1H3. The average molecular weight is 251 g/mol. The van der Waals surface area contributed by atoms with Crippen LogP contribution in [0, 0.1) is 0 Å². The summed E-state index contributed by atoms with van der Waals surface area (Å²) in [7, 11) is 0. The second-order valence-electron chi connectivity index (χ2n) is 5.05. The highest BCUT2D eigenvalue weighted by Gasteiger charge is 2.20. The maximum atomic E-state index is 9.44. The molecule has 1 aliphatic heterocycles. The fourth-order valence-electron chi connectivity index (χ4n) is 2.50. The molecular weight excluding hydrogens is 230 g/mol. The molecule has 1 aliphatic rings. The molecule has 3 N–H and O–H groups in total. The highest BCUT2D eigenvalue weighted by molar-refractivity contribution is 5.59. The van der Waals surface area contributed by atoms with E-state index in [9.17, 15) is 10.2 Å². The molecule has 2 unspecified atom stereocenters. The van der Waals surface area contributed by atoms with E-state index in [0.717, 1.165) is 18.5 Å². The lowest BCUT2D eigenvalue weighted by Gasteiger charge is -2.21. The zero-order valence-corrected chi connectivity index (χ0v) is 10.7. The van der Waals surface area contributed by atoms with E-state index in [1.54, 1.807) is 6.92 Å². The summed E-state index contributed by atoms with van der Waals surface area (Å²) in [6.45, 7) is 3.19. The van der Waals surface area contributed by atoms with Crippen molar-refractivity contribution in [3.8, 4) is 0 Å². The molecule has 0 aromatic heterocycles. The molecule has 18 heavy (non-hydrogen) atoms. The first-order valence-electron chi connectivity index (χ1n) is 6.44. The summed E-state index contributed by atoms with van der Waals surface area (Å²) in [6.07, 6.45) is 0.454. The van der Waals surface area contributed by atoms with Crippen LogP contribution < -0.4 is 4.90 Å². The number of nitrogens with zero attached hydrogens (tertiary/aromatic N) is 1. The first kappa shape index (κ1) is 13.3. The minimum Gasteiger partial charge on any atom is -0.394 e. The van der Waals surface area contributed by atoms with Crippen molar-refractivity contribution in [2.24, 2.45) is 0 Å². The molecule has 4 nitrogen and oxygen atoms in total. The zero-order valence-electron chi connectivity index (χ0n) is 10.7. The minimum atomic E-state index is -0.682. The summed E-state index contributed by atoms with van der Waals surface area (Å²) in [4.78, 5) is 2.19. The van der Waals surface area contributed by atoms with Gasteiger partial charge in [-0.25, -0.2) is 0 Å². The smallest absolute Gasteiger partial charge is 0.0811 e. The van der Waals surface area contributed by atoms with Gasteiger partial charge in [0, 0.05) is 25.2 Å². The number of aliphatic hydroxyl groups is 3. The quantitative estimate of drug-likeness (QED) is 0.705. The van der Waals surface area contributed by atoms with Gasteiger partial charge in [-0.2, -0.15) is 0 Å². The molecule has 1 heterocycles. The van der Waals surface area contributed by atoms with E-state index in [1.165, 1.54) is 11.3 Å². The van der Waals surface area contributed by atoms with E-state index in [-0.39, 0.29) is 12.7 Å². The van der Waals surface area contributed by atoms with Gasteiger partial charge in [0.1, 0.15) is 0 Å². The van der Waals surface area contributed by atoms with Crippen molar-refractivity contribution in [1.82, 2.24) is 0 Å². The van der Waals surface area contributed by atoms with Crippen LogP contribution in [0.1, 0.15) is 18.1 Å². The van der Waals surface area contributed by atoms with Crippen LogP contribution in [-0.4, -0.2) is 47.2 Å². The van der Waals surface area contributed by atoms with Crippen molar-refractivity contribution in [2.75, 3.05) is 24.6 Å². The first-order valence-corrected chi connectivity index (χ1v) is 6.44. The second kappa shape index (κ2) is 5.69. The molecule has 100 valence electrons. The molecule has 0 amide bonds. The summed E-state index contributed by atoms with van der Waals surface area (Å²) in [5.41, 5.74) is 3.49. The highest BCUT2D eigenvalue weighted by Crippen LogP contribution is 2.29. The Kier molecular flexibility index (Phi) is 4.22. The van der Waals surface area contributed by atoms with Gasteiger partial charge in [0.2, 0.25) is 0 Å². The molecule has 4 heteroatoms. The van der Waals surface area contributed by atoms with Crippen molar-refractivity contribution < 1.29 is 15.3 Å². The summed E-state index contributed by atoms with van der Waals surface area (Å²) in [5.74, 6) is 0. The van der Waals surface area contributed by atoms with E-state index in [2.05, 4.69) is 11.0 Å². The lowest BCUT2D eigenvalue weighted by atomic mass is 10.0. The summed E-state index contributed by atoms with van der Waals surface area (Å²) in [6, 6.07) is 6.12. The van der Waals surface area contributed by atoms with E-state index in [1.807, 2.05) is 12.1 Å². The summed E-state index contributed by atoms with van der Waals surface area (Å²) >= 11 is 0. The van der Waals surface area contributed by atoms with Crippen LogP contribution in [0.3, 0.4) is 0 Å². The molecule has 0 fully saturated rings. The van der Waals surface area contributed by atoms with Crippen LogP contribution in [0.25, 0.3) is 0 Å². The van der Waals surface area contributed by atoms with Gasteiger partial charge in [-0.3, -0.25) is 0 Å². The van der Waals surface area contributed by atoms with Crippen LogP contribution in [0.4, 0.5) is 5.69 Å². The number of rotatable bonds is 5. The van der Waals surface area contributed by atoms with Crippen LogP contribution in [0.5, 0.6) is 0 Å². The number of aliphatic hydroxyl groups excluding tert-OH is 3. The number of fused-ring (bicyclic) bond motifs is 1. The van der Waals surface area contributed by atoms with Gasteiger partial charge < -0.3 is 20.2 Å². The Labute approximate surface area is 107 Å². The van der Waals surface area contributed by atoms with Gasteiger partial charge in [-0.15, -0.1) is 0 Å². The van der Waals surface area contributed by atoms with E-state index < -0.39 is 6.10 Å². The third-order valence-corrected chi connectivity index (χ3v) is 3.30. The molecular formula is C14H21NO3. The molecule has 1 aromatic carbocycles. The van der Waals surface area contributed by atoms with Crippen molar-refractivity contribution >= 4 is 5.69 Å². The Bertz CT molecular complexity index is 406. The summed E-state index contributed by atoms with van der Waals surface area (Å²) in [5, 5.41) is 27.7. The monoisotopic (exact) mass is 251 g/mol. The predicted octanol–water partition coefficient (Wildman–Crippen LogP) is 0.326. The van der Waals surface area contributed by atoms with Gasteiger partial charge in [0.25, 0.3) is 0 Å². The van der Waals surface area contributed by atoms with Crippen molar-refractivity contribution in [1.29, 1.82) is 0 Å². The fourth-order valence-corrected chi connectivity index (χ4v) is 2.50. The minimum absolute atomic E-state index is 0.203. The largest absolute Gasteiger partial charge is 0.394 e. The predicted molar refractivity (Wildman–Crippen MR) is 70.8 cm³/mol. The zero-order chi connectivity index (χ0) is 13.1. The molecule has 0 bridgehead atoms. The maximum Gasteiger partial charge on any atom is 0.0811 e. The maximum absolute atomic E-state index is 9.44. The number of hydrogen-bond acceptors (Lipinski definition) is 4. The number of anilines is 1. The van der Waals surface area contributed by atoms with Crippen molar-refractivity contribution in [2.45, 2.75) is 32.0 Å². The van der Waals surface area contributed by atoms with E-state index >= 15 is 0 Å². The fraction of sp³-hybridized carbons (Fsp3) is 0.571. The third-order valence-electron chi connectivity index (χ3n) is 3.30. The van der Waals surface area contributed by atoms with Gasteiger partial charge in [0.05, 0.1) is 18.8 Å². The number of hydrogen-bond donors (Lipinski definition) is 3. The van der Waals surface area contributed by atoms with Crippen LogP contribution in [0.15, 0.2) is 18.2 Å². The van der Waals surface area contributed by atoms with Crippen LogP contribution in [0.2, 0.25) is 0 Å². The molecule has 2 rings (SSSR count). The topological polar surface area (TPSA) is 63.9 Å². The van der Waals surface area contributed by atoms with Gasteiger partial charge in [-0.1, -0.05) is 12.1 Å². The molecule has 1 aromatic rings.